The fourth-order valence-electron chi connectivity index (χ4n) is 5.66. The molecule has 1 atom stereocenters. The highest BCUT2D eigenvalue weighted by atomic mass is 32.2. The summed E-state index contributed by atoms with van der Waals surface area (Å²) in [6.45, 7) is 1.67. The largest absolute Gasteiger partial charge is 0.398 e. The minimum absolute atomic E-state index is 0.0308. The van der Waals surface area contributed by atoms with Crippen LogP contribution in [0.5, 0.6) is 0 Å². The molecule has 310 valence electrons. The smallest absolute Gasteiger partial charge is 0.341 e. The summed E-state index contributed by atoms with van der Waals surface area (Å²) in [5, 5.41) is 0.525. The molecule has 0 aliphatic heterocycles. The van der Waals surface area contributed by atoms with Crippen molar-refractivity contribution >= 4 is 95.4 Å². The summed E-state index contributed by atoms with van der Waals surface area (Å²) >= 11 is 0. The molecule has 0 aliphatic carbocycles. The Hall–Kier alpha value is -5.21. The molecule has 0 aromatic heterocycles. The van der Waals surface area contributed by atoms with E-state index in [-0.39, 0.29) is 48.9 Å². The van der Waals surface area contributed by atoms with Gasteiger partial charge in [0.15, 0.2) is 0 Å². The number of rotatable bonds is 15. The molecule has 0 unspecified atom stereocenters. The number of carbonyl (C=O) groups is 2. The van der Waals surface area contributed by atoms with Crippen LogP contribution >= 0.6 is 0 Å². The molecule has 0 amide bonds. The highest BCUT2D eigenvalue weighted by molar-refractivity contribution is 7.89. The monoisotopic (exact) mass is 899 g/mol. The Bertz CT molecular complexity index is 3050. The number of aryl methyl sites for hydroxylation is 1. The predicted octanol–water partition coefficient (Wildman–Crippen LogP) is 2.53. The third-order valence-corrected chi connectivity index (χ3v) is 13.8. The third kappa shape index (κ3) is 10.6. The minimum Gasteiger partial charge on any atom is -0.398 e. The van der Waals surface area contributed by atoms with E-state index in [2.05, 4.69) is 4.18 Å². The molecule has 5 aromatic carbocycles. The Kier molecular flexibility index (Phi) is 12.3. The fourth-order valence-corrected chi connectivity index (χ4v) is 10.1. The van der Waals surface area contributed by atoms with E-state index in [1.165, 1.54) is 54.6 Å². The van der Waals surface area contributed by atoms with Crippen LogP contribution in [0.3, 0.4) is 0 Å². The van der Waals surface area contributed by atoms with E-state index >= 15 is 0 Å². The summed E-state index contributed by atoms with van der Waals surface area (Å²) in [5.41, 5.74) is 12.2. The van der Waals surface area contributed by atoms with Crippen molar-refractivity contribution in [3.05, 3.63) is 102 Å². The van der Waals surface area contributed by atoms with Gasteiger partial charge in [-0.05, 0) is 83.4 Å². The zero-order valence-electron chi connectivity index (χ0n) is 29.8. The average molecular weight is 900 g/mol. The van der Waals surface area contributed by atoms with Gasteiger partial charge in [-0.25, -0.2) is 13.2 Å². The lowest BCUT2D eigenvalue weighted by atomic mass is 10.0. The van der Waals surface area contributed by atoms with Crippen LogP contribution in [-0.2, 0) is 80.0 Å². The molecule has 0 spiro atoms. The van der Waals surface area contributed by atoms with Gasteiger partial charge in [0.05, 0.1) is 9.79 Å². The molecule has 24 heteroatoms. The Labute approximate surface area is 332 Å². The van der Waals surface area contributed by atoms with Crippen molar-refractivity contribution in [2.75, 3.05) is 11.5 Å². The lowest BCUT2D eigenvalue weighted by molar-refractivity contribution is -0.137. The van der Waals surface area contributed by atoms with E-state index in [1.807, 2.05) is 4.72 Å². The van der Waals surface area contributed by atoms with Gasteiger partial charge in [-0.2, -0.15) is 38.4 Å². The van der Waals surface area contributed by atoms with Crippen molar-refractivity contribution in [1.29, 1.82) is 0 Å². The van der Waals surface area contributed by atoms with Crippen LogP contribution in [0.15, 0.2) is 99.6 Å². The SMILES string of the molecule is Cc1ccc(S(=O)(=O)N[C@@H](CCC(=O)OS(=O)(=O)Cc2c(N)ccc3cc(S(=O)(=O)O)ccc23)C(=O)OS(=O)(=O)c2ccc3c(CS(=O)(=O)O)c(N)ccc3c2)cc1. The topological polar surface area (TPSA) is 328 Å². The predicted molar refractivity (Wildman–Crippen MR) is 208 cm³/mol. The number of benzene rings is 5. The molecule has 0 aliphatic rings. The van der Waals surface area contributed by atoms with Crippen molar-refractivity contribution in [2.45, 2.75) is 52.0 Å². The lowest BCUT2D eigenvalue weighted by Gasteiger charge is -2.18. The quantitative estimate of drug-likeness (QED) is 0.0572. The first-order valence-corrected chi connectivity index (χ1v) is 23.8. The van der Waals surface area contributed by atoms with E-state index in [9.17, 15) is 60.8 Å². The first kappa shape index (κ1) is 43.9. The van der Waals surface area contributed by atoms with Crippen LogP contribution in [0, 0.1) is 6.92 Å². The maximum Gasteiger partial charge on any atom is 0.341 e. The number of nitrogen functional groups attached to an aromatic ring is 2. The van der Waals surface area contributed by atoms with Crippen molar-refractivity contribution in [3.63, 3.8) is 0 Å². The number of fused-ring (bicyclic) bond motifs is 2. The van der Waals surface area contributed by atoms with Gasteiger partial charge >= 0.3 is 32.2 Å². The van der Waals surface area contributed by atoms with Crippen LogP contribution in [0.2, 0.25) is 0 Å². The number of nitrogens with one attached hydrogen (secondary N) is 1. The van der Waals surface area contributed by atoms with Crippen molar-refractivity contribution in [1.82, 2.24) is 4.72 Å². The zero-order valence-corrected chi connectivity index (χ0v) is 33.9. The van der Waals surface area contributed by atoms with Crippen molar-refractivity contribution < 1.29 is 69.1 Å². The molecular formula is C34H33N3O16S5. The maximum atomic E-state index is 13.4. The van der Waals surface area contributed by atoms with Crippen molar-refractivity contribution in [3.8, 4) is 0 Å². The van der Waals surface area contributed by atoms with Gasteiger partial charge < -0.3 is 19.8 Å². The van der Waals surface area contributed by atoms with Gasteiger partial charge in [0.25, 0.3) is 20.2 Å². The van der Waals surface area contributed by atoms with E-state index in [0.29, 0.717) is 5.56 Å². The molecule has 0 saturated heterocycles. The van der Waals surface area contributed by atoms with Gasteiger partial charge in [-0.15, -0.1) is 0 Å². The maximum absolute atomic E-state index is 13.4. The summed E-state index contributed by atoms with van der Waals surface area (Å²) in [6, 6.07) is 14.6. The number of anilines is 2. The molecular weight excluding hydrogens is 867 g/mol. The van der Waals surface area contributed by atoms with E-state index in [4.69, 9.17) is 15.7 Å². The minimum atomic E-state index is -5.07. The molecule has 0 bridgehead atoms. The number of sulfonamides is 1. The van der Waals surface area contributed by atoms with Crippen LogP contribution < -0.4 is 16.2 Å². The number of hydrogen-bond donors (Lipinski definition) is 5. The van der Waals surface area contributed by atoms with E-state index < -0.39 is 103 Å². The molecule has 0 saturated carbocycles. The van der Waals surface area contributed by atoms with Gasteiger partial charge in [0.2, 0.25) is 10.0 Å². The first-order chi connectivity index (χ1) is 26.7. The van der Waals surface area contributed by atoms with Gasteiger partial charge in [0.1, 0.15) is 22.4 Å². The van der Waals surface area contributed by atoms with Crippen LogP contribution in [0.25, 0.3) is 21.5 Å². The number of nitrogens with two attached hydrogens (primary N) is 2. The molecule has 5 aromatic rings. The van der Waals surface area contributed by atoms with Gasteiger partial charge in [-0.3, -0.25) is 13.9 Å². The standard InChI is InChI=1S/C34H33N3O16S5/c1-20-2-6-23(7-3-20)56(45,46)37-32(34(39)53-58(50,51)25-9-11-26-22(17-25)5-12-30(35)28(26)18-54(40,41)42)14-15-33(38)52-55(43,44)19-29-27-10-8-24(57(47,48)49)16-21(27)4-13-31(29)36/h2-13,16-17,32,37H,14-15,18-19,35-36H2,1H3,(H,40,41,42)(H,47,48,49)/t32-/m0/s1. The normalized spacial score (nSPS) is 13.3. The summed E-state index contributed by atoms with van der Waals surface area (Å²) in [5.74, 6) is -5.16. The second kappa shape index (κ2) is 16.2. The summed E-state index contributed by atoms with van der Waals surface area (Å²) in [6.07, 6.45) is -1.88. The molecule has 0 heterocycles. The van der Waals surface area contributed by atoms with Crippen LogP contribution in [0.4, 0.5) is 11.4 Å². The highest BCUT2D eigenvalue weighted by Gasteiger charge is 2.33. The van der Waals surface area contributed by atoms with Crippen LogP contribution in [0.1, 0.15) is 29.5 Å². The summed E-state index contributed by atoms with van der Waals surface area (Å²) in [4.78, 5) is 24.8. The first-order valence-electron chi connectivity index (χ1n) is 16.3. The Morgan fingerprint density at radius 2 is 1.16 bits per heavy atom. The summed E-state index contributed by atoms with van der Waals surface area (Å²) in [7, 11) is -23.7. The molecule has 19 nitrogen and oxygen atoms in total. The Morgan fingerprint density at radius 1 is 0.655 bits per heavy atom. The van der Waals surface area contributed by atoms with E-state index in [1.54, 1.807) is 6.92 Å². The molecule has 0 fully saturated rings. The zero-order chi connectivity index (χ0) is 43.0. The van der Waals surface area contributed by atoms with E-state index in [0.717, 1.165) is 30.3 Å². The molecule has 58 heavy (non-hydrogen) atoms. The number of hydrogen-bond acceptors (Lipinski definition) is 16. The number of carbonyl (C=O) groups excluding carboxylic acids is 2. The third-order valence-electron chi connectivity index (χ3n) is 8.47. The lowest BCUT2D eigenvalue weighted by Crippen LogP contribution is -2.42. The van der Waals surface area contributed by atoms with Gasteiger partial charge in [0, 0.05) is 28.9 Å². The average Bonchev–Trinajstić information content (AvgIpc) is 3.11. The van der Waals surface area contributed by atoms with Crippen LogP contribution in [-0.4, -0.2) is 69.2 Å². The Balaban J connectivity index is 1.38. The Morgan fingerprint density at radius 3 is 1.69 bits per heavy atom. The fraction of sp³-hybridized carbons (Fsp3) is 0.176. The van der Waals surface area contributed by atoms with Gasteiger partial charge in [-0.1, -0.05) is 42.0 Å². The summed E-state index contributed by atoms with van der Waals surface area (Å²) < 4.78 is 156. The molecule has 7 N–H and O–H groups in total. The highest BCUT2D eigenvalue weighted by Crippen LogP contribution is 2.31. The van der Waals surface area contributed by atoms with Crippen molar-refractivity contribution in [2.24, 2.45) is 0 Å². The molecule has 0 radical (unpaired) electrons. The molecule has 5 rings (SSSR count). The second-order valence-corrected chi connectivity index (χ2v) is 20.5. The second-order valence-electron chi connectivity index (χ2n) is 12.8.